The maximum atomic E-state index is 14.0. The molecular formula is C13H15F4NO2. The number of amides is 1. The molecule has 7 heteroatoms. The molecule has 112 valence electrons. The molecule has 0 fully saturated rings. The summed E-state index contributed by atoms with van der Waals surface area (Å²) in [6, 6.07) is 1.74. The predicted octanol–water partition coefficient (Wildman–Crippen LogP) is 4.20. The van der Waals surface area contributed by atoms with Gasteiger partial charge in [-0.15, -0.1) is 0 Å². The third-order valence-corrected chi connectivity index (χ3v) is 2.78. The van der Waals surface area contributed by atoms with Gasteiger partial charge in [0.2, 0.25) is 0 Å². The van der Waals surface area contributed by atoms with E-state index >= 15 is 0 Å². The third-order valence-electron chi connectivity index (χ3n) is 2.78. The van der Waals surface area contributed by atoms with Crippen LogP contribution >= 0.6 is 0 Å². The molecule has 1 rings (SSSR count). The van der Waals surface area contributed by atoms with Crippen molar-refractivity contribution in [2.45, 2.75) is 33.0 Å². The quantitative estimate of drug-likeness (QED) is 0.803. The number of benzene rings is 1. The molecule has 1 atom stereocenters. The van der Waals surface area contributed by atoms with Crippen molar-refractivity contribution in [3.05, 3.63) is 35.1 Å². The van der Waals surface area contributed by atoms with Gasteiger partial charge in [-0.05, 0) is 11.5 Å². The Labute approximate surface area is 113 Å². The van der Waals surface area contributed by atoms with Gasteiger partial charge in [0.1, 0.15) is 5.82 Å². The van der Waals surface area contributed by atoms with Gasteiger partial charge in [-0.1, -0.05) is 32.9 Å². The molecule has 20 heavy (non-hydrogen) atoms. The third kappa shape index (κ3) is 3.61. The lowest BCUT2D eigenvalue weighted by Crippen LogP contribution is -2.36. The van der Waals surface area contributed by atoms with Crippen LogP contribution < -0.4 is 5.32 Å². The first-order valence-electron chi connectivity index (χ1n) is 5.79. The van der Waals surface area contributed by atoms with E-state index in [4.69, 9.17) is 5.11 Å². The molecule has 1 aromatic rings. The Morgan fingerprint density at radius 1 is 1.25 bits per heavy atom. The van der Waals surface area contributed by atoms with Gasteiger partial charge in [-0.25, -0.2) is 9.18 Å². The average molecular weight is 293 g/mol. The first kappa shape index (κ1) is 16.3. The van der Waals surface area contributed by atoms with E-state index in [0.717, 1.165) is 12.1 Å². The molecule has 0 saturated carbocycles. The average Bonchev–Trinajstić information content (AvgIpc) is 2.23. The van der Waals surface area contributed by atoms with E-state index in [1.54, 1.807) is 20.8 Å². The number of rotatable bonds is 2. The highest BCUT2D eigenvalue weighted by atomic mass is 19.4. The Balaban J connectivity index is 3.39. The molecule has 3 nitrogen and oxygen atoms in total. The minimum Gasteiger partial charge on any atom is -0.465 e. The number of halogens is 4. The van der Waals surface area contributed by atoms with Gasteiger partial charge < -0.3 is 10.4 Å². The van der Waals surface area contributed by atoms with Crippen LogP contribution in [0.25, 0.3) is 0 Å². The minimum atomic E-state index is -4.83. The molecule has 0 radical (unpaired) electrons. The van der Waals surface area contributed by atoms with Crippen LogP contribution in [-0.4, -0.2) is 11.2 Å². The van der Waals surface area contributed by atoms with E-state index < -0.39 is 35.1 Å². The minimum absolute atomic E-state index is 0.324. The second kappa shape index (κ2) is 5.30. The lowest BCUT2D eigenvalue weighted by Gasteiger charge is -2.31. The standard InChI is InChI=1S/C13H15F4NO2/c1-12(2,3)10(18-11(19)20)7-5-4-6-8(9(7)14)13(15,16)17/h4-6,10,18H,1-3H3,(H,19,20). The van der Waals surface area contributed by atoms with Crippen LogP contribution in [0.4, 0.5) is 22.4 Å². The normalized spacial score (nSPS) is 13.9. The second-order valence-electron chi connectivity index (χ2n) is 5.46. The van der Waals surface area contributed by atoms with Gasteiger partial charge in [0.05, 0.1) is 11.6 Å². The predicted molar refractivity (Wildman–Crippen MR) is 64.8 cm³/mol. The number of carbonyl (C=O) groups is 1. The summed E-state index contributed by atoms with van der Waals surface area (Å²) in [7, 11) is 0. The Morgan fingerprint density at radius 2 is 1.80 bits per heavy atom. The monoisotopic (exact) mass is 293 g/mol. The number of hydrogen-bond donors (Lipinski definition) is 2. The lowest BCUT2D eigenvalue weighted by atomic mass is 9.81. The topological polar surface area (TPSA) is 49.3 Å². The molecular weight excluding hydrogens is 278 g/mol. The molecule has 0 bridgehead atoms. The zero-order valence-corrected chi connectivity index (χ0v) is 11.2. The molecule has 0 spiro atoms. The van der Waals surface area contributed by atoms with Crippen molar-refractivity contribution >= 4 is 6.09 Å². The van der Waals surface area contributed by atoms with Crippen LogP contribution in [0.1, 0.15) is 37.9 Å². The fraction of sp³-hybridized carbons (Fsp3) is 0.462. The van der Waals surface area contributed by atoms with Crippen molar-refractivity contribution in [3.63, 3.8) is 0 Å². The van der Waals surface area contributed by atoms with Gasteiger partial charge in [-0.2, -0.15) is 13.2 Å². The number of hydrogen-bond acceptors (Lipinski definition) is 1. The summed E-state index contributed by atoms with van der Waals surface area (Å²) in [6.45, 7) is 4.81. The molecule has 0 aliphatic heterocycles. The van der Waals surface area contributed by atoms with Gasteiger partial charge in [0, 0.05) is 5.56 Å². The first-order valence-corrected chi connectivity index (χ1v) is 5.79. The smallest absolute Gasteiger partial charge is 0.419 e. The van der Waals surface area contributed by atoms with E-state index in [1.165, 1.54) is 0 Å². The van der Waals surface area contributed by atoms with E-state index in [0.29, 0.717) is 6.07 Å². The van der Waals surface area contributed by atoms with Crippen LogP contribution in [0.2, 0.25) is 0 Å². The van der Waals surface area contributed by atoms with Crippen molar-refractivity contribution in [1.82, 2.24) is 5.32 Å². The fourth-order valence-corrected chi connectivity index (χ4v) is 1.88. The molecule has 0 heterocycles. The highest BCUT2D eigenvalue weighted by Gasteiger charge is 2.38. The Hall–Kier alpha value is -1.79. The lowest BCUT2D eigenvalue weighted by molar-refractivity contribution is -0.140. The van der Waals surface area contributed by atoms with Gasteiger partial charge in [0.25, 0.3) is 0 Å². The van der Waals surface area contributed by atoms with Crippen molar-refractivity contribution < 1.29 is 27.5 Å². The number of nitrogens with one attached hydrogen (secondary N) is 1. The Kier molecular flexibility index (Phi) is 4.31. The zero-order chi connectivity index (χ0) is 15.7. The van der Waals surface area contributed by atoms with Crippen LogP contribution in [0, 0.1) is 11.2 Å². The van der Waals surface area contributed by atoms with E-state index in [2.05, 4.69) is 5.32 Å². The molecule has 1 unspecified atom stereocenters. The maximum absolute atomic E-state index is 14.0. The molecule has 0 aliphatic rings. The van der Waals surface area contributed by atoms with E-state index in [9.17, 15) is 22.4 Å². The van der Waals surface area contributed by atoms with Crippen LogP contribution in [0.15, 0.2) is 18.2 Å². The summed E-state index contributed by atoms with van der Waals surface area (Å²) in [4.78, 5) is 10.8. The van der Waals surface area contributed by atoms with Gasteiger partial charge in [-0.3, -0.25) is 0 Å². The van der Waals surface area contributed by atoms with Gasteiger partial charge >= 0.3 is 12.3 Å². The molecule has 0 aliphatic carbocycles. The summed E-state index contributed by atoms with van der Waals surface area (Å²) in [5.74, 6) is -1.45. The van der Waals surface area contributed by atoms with Crippen LogP contribution in [0.5, 0.6) is 0 Å². The molecule has 0 aromatic heterocycles. The van der Waals surface area contributed by atoms with Crippen molar-refractivity contribution in [3.8, 4) is 0 Å². The summed E-state index contributed by atoms with van der Waals surface area (Å²) < 4.78 is 52.1. The SMILES string of the molecule is CC(C)(C)C(NC(=O)O)c1cccc(C(F)(F)F)c1F. The summed E-state index contributed by atoms with van der Waals surface area (Å²) in [5, 5.41) is 10.8. The molecule has 0 saturated heterocycles. The van der Waals surface area contributed by atoms with Crippen molar-refractivity contribution in [1.29, 1.82) is 0 Å². The zero-order valence-electron chi connectivity index (χ0n) is 11.2. The van der Waals surface area contributed by atoms with Crippen LogP contribution in [0.3, 0.4) is 0 Å². The number of alkyl halides is 3. The van der Waals surface area contributed by atoms with Crippen molar-refractivity contribution in [2.75, 3.05) is 0 Å². The highest BCUT2D eigenvalue weighted by Crippen LogP contribution is 2.38. The Bertz CT molecular complexity index is 506. The van der Waals surface area contributed by atoms with E-state index in [1.807, 2.05) is 0 Å². The molecule has 1 aromatic carbocycles. The van der Waals surface area contributed by atoms with Crippen LogP contribution in [-0.2, 0) is 6.18 Å². The first-order chi connectivity index (χ1) is 8.94. The second-order valence-corrected chi connectivity index (χ2v) is 5.46. The molecule has 2 N–H and O–H groups in total. The fourth-order valence-electron chi connectivity index (χ4n) is 1.88. The Morgan fingerprint density at radius 3 is 2.20 bits per heavy atom. The summed E-state index contributed by atoms with van der Waals surface area (Å²) in [5.41, 5.74) is -2.52. The summed E-state index contributed by atoms with van der Waals surface area (Å²) >= 11 is 0. The number of carboxylic acid groups (broad SMARTS) is 1. The highest BCUT2D eigenvalue weighted by molar-refractivity contribution is 5.65. The largest absolute Gasteiger partial charge is 0.465 e. The van der Waals surface area contributed by atoms with Gasteiger partial charge in [0.15, 0.2) is 0 Å². The maximum Gasteiger partial charge on any atom is 0.419 e. The van der Waals surface area contributed by atoms with Crippen molar-refractivity contribution in [2.24, 2.45) is 5.41 Å². The molecule has 1 amide bonds. The summed E-state index contributed by atoms with van der Waals surface area (Å²) in [6.07, 6.45) is -6.26. The van der Waals surface area contributed by atoms with E-state index in [-0.39, 0.29) is 5.56 Å².